The van der Waals surface area contributed by atoms with Crippen molar-refractivity contribution in [3.63, 3.8) is 0 Å². The molecule has 1 saturated carbocycles. The zero-order chi connectivity index (χ0) is 22.0. The quantitative estimate of drug-likeness (QED) is 0.453. The summed E-state index contributed by atoms with van der Waals surface area (Å²) in [5.74, 6) is 0.110. The lowest BCUT2D eigenvalue weighted by Gasteiger charge is -2.20. The van der Waals surface area contributed by atoms with Gasteiger partial charge in [-0.25, -0.2) is 4.98 Å². The van der Waals surface area contributed by atoms with Crippen LogP contribution in [-0.2, 0) is 26.3 Å². The van der Waals surface area contributed by atoms with Gasteiger partial charge >= 0.3 is 5.97 Å². The lowest BCUT2D eigenvalue weighted by Crippen LogP contribution is -2.24. The number of rotatable bonds is 7. The second-order valence-electron chi connectivity index (χ2n) is 7.31. The lowest BCUT2D eigenvalue weighted by molar-refractivity contribution is -0.148. The molecule has 6 nitrogen and oxygen atoms in total. The van der Waals surface area contributed by atoms with Gasteiger partial charge in [0.2, 0.25) is 5.91 Å². The first-order valence-corrected chi connectivity index (χ1v) is 11.0. The number of aromatic nitrogens is 1. The summed E-state index contributed by atoms with van der Waals surface area (Å²) in [6.45, 7) is 1.51. The van der Waals surface area contributed by atoms with E-state index in [9.17, 15) is 9.59 Å². The Hall–Kier alpha value is -2.90. The average Bonchev–Trinajstić information content (AvgIpc) is 3.46. The minimum Gasteiger partial charge on any atom is -0.495 e. The fourth-order valence-corrected chi connectivity index (χ4v) is 4.46. The minimum atomic E-state index is -0.591. The lowest BCUT2D eigenvalue weighted by atomic mass is 9.96. The number of ether oxygens (including phenoxy) is 2. The van der Waals surface area contributed by atoms with E-state index in [0.29, 0.717) is 27.3 Å². The molecule has 1 fully saturated rings. The van der Waals surface area contributed by atoms with E-state index in [1.54, 1.807) is 36.8 Å². The molecular formula is C23H21ClN2O4S. The zero-order valence-corrected chi connectivity index (χ0v) is 18.7. The standard InChI is InChI=1S/C23H21ClN2O4S/c1-15(27)26(19-5-3-4-6-20(19)29-2)22-25-18(14-31-22)13-30-21(28)23(11-12-23)16-7-9-17(24)10-8-16/h3-10,14H,11-13H2,1-2H3. The van der Waals surface area contributed by atoms with Crippen molar-refractivity contribution < 1.29 is 19.1 Å². The fraction of sp³-hybridized carbons (Fsp3) is 0.261. The summed E-state index contributed by atoms with van der Waals surface area (Å²) in [6, 6.07) is 14.6. The normalized spacial score (nSPS) is 14.0. The number of hydrogen-bond donors (Lipinski definition) is 0. The maximum Gasteiger partial charge on any atom is 0.316 e. The molecule has 0 bridgehead atoms. The van der Waals surface area contributed by atoms with Gasteiger partial charge in [0.15, 0.2) is 5.13 Å². The van der Waals surface area contributed by atoms with Crippen molar-refractivity contribution in [2.45, 2.75) is 31.8 Å². The van der Waals surface area contributed by atoms with E-state index in [1.165, 1.54) is 23.2 Å². The van der Waals surface area contributed by atoms with E-state index >= 15 is 0 Å². The van der Waals surface area contributed by atoms with Crippen LogP contribution >= 0.6 is 22.9 Å². The smallest absolute Gasteiger partial charge is 0.316 e. The van der Waals surface area contributed by atoms with Gasteiger partial charge in [-0.2, -0.15) is 0 Å². The monoisotopic (exact) mass is 456 g/mol. The van der Waals surface area contributed by atoms with Crippen LogP contribution in [-0.4, -0.2) is 24.0 Å². The highest BCUT2D eigenvalue weighted by Crippen LogP contribution is 2.49. The number of carbonyl (C=O) groups excluding carboxylic acids is 2. The summed E-state index contributed by atoms with van der Waals surface area (Å²) in [6.07, 6.45) is 1.50. The van der Waals surface area contributed by atoms with Gasteiger partial charge < -0.3 is 9.47 Å². The summed E-state index contributed by atoms with van der Waals surface area (Å²) in [5, 5.41) is 2.91. The molecule has 1 heterocycles. The van der Waals surface area contributed by atoms with E-state index in [4.69, 9.17) is 21.1 Å². The van der Waals surface area contributed by atoms with Gasteiger partial charge in [-0.3, -0.25) is 14.5 Å². The number of methoxy groups -OCH3 is 1. The number of hydrogen-bond acceptors (Lipinski definition) is 6. The van der Waals surface area contributed by atoms with Crippen LogP contribution in [0.3, 0.4) is 0 Å². The molecule has 1 amide bonds. The molecule has 8 heteroatoms. The molecule has 1 aliphatic rings. The van der Waals surface area contributed by atoms with Crippen molar-refractivity contribution in [2.75, 3.05) is 12.0 Å². The third kappa shape index (κ3) is 4.29. The highest BCUT2D eigenvalue weighted by Gasteiger charge is 2.52. The van der Waals surface area contributed by atoms with Gasteiger partial charge in [-0.15, -0.1) is 11.3 Å². The van der Waals surface area contributed by atoms with Crippen LogP contribution in [0.4, 0.5) is 10.8 Å². The van der Waals surface area contributed by atoms with Gasteiger partial charge in [-0.1, -0.05) is 35.9 Å². The molecule has 0 spiro atoms. The van der Waals surface area contributed by atoms with Gasteiger partial charge in [0, 0.05) is 17.3 Å². The molecule has 1 aromatic heterocycles. The maximum absolute atomic E-state index is 12.8. The Morgan fingerprint density at radius 3 is 2.52 bits per heavy atom. The van der Waals surface area contributed by atoms with Crippen LogP contribution < -0.4 is 9.64 Å². The average molecular weight is 457 g/mol. The molecule has 0 atom stereocenters. The summed E-state index contributed by atoms with van der Waals surface area (Å²) < 4.78 is 11.0. The first-order valence-electron chi connectivity index (χ1n) is 9.76. The van der Waals surface area contributed by atoms with Crippen molar-refractivity contribution >= 4 is 45.6 Å². The Morgan fingerprint density at radius 2 is 1.87 bits per heavy atom. The molecule has 2 aromatic carbocycles. The molecular weight excluding hydrogens is 436 g/mol. The molecule has 160 valence electrons. The second kappa shape index (κ2) is 8.69. The Morgan fingerprint density at radius 1 is 1.16 bits per heavy atom. The van der Waals surface area contributed by atoms with Crippen LogP contribution in [0.1, 0.15) is 31.0 Å². The van der Waals surface area contributed by atoms with Crippen LogP contribution in [0.25, 0.3) is 0 Å². The molecule has 31 heavy (non-hydrogen) atoms. The number of halogens is 1. The number of amides is 1. The summed E-state index contributed by atoms with van der Waals surface area (Å²) in [4.78, 5) is 31.1. The number of para-hydroxylation sites is 2. The highest BCUT2D eigenvalue weighted by molar-refractivity contribution is 7.14. The molecule has 0 radical (unpaired) electrons. The largest absolute Gasteiger partial charge is 0.495 e. The van der Waals surface area contributed by atoms with Crippen LogP contribution in [0.5, 0.6) is 5.75 Å². The van der Waals surface area contributed by atoms with Crippen molar-refractivity contribution in [1.29, 1.82) is 0 Å². The Balaban J connectivity index is 1.48. The number of thiazole rings is 1. The van der Waals surface area contributed by atoms with Gasteiger partial charge in [-0.05, 0) is 42.7 Å². The summed E-state index contributed by atoms with van der Waals surface area (Å²) in [7, 11) is 1.55. The van der Waals surface area contributed by atoms with Crippen molar-refractivity contribution in [3.05, 3.63) is 70.2 Å². The SMILES string of the molecule is COc1ccccc1N(C(C)=O)c1nc(COC(=O)C2(c3ccc(Cl)cc3)CC2)cs1. The van der Waals surface area contributed by atoms with E-state index in [1.807, 2.05) is 24.3 Å². The van der Waals surface area contributed by atoms with Gasteiger partial charge in [0.25, 0.3) is 0 Å². The molecule has 0 N–H and O–H groups in total. The van der Waals surface area contributed by atoms with Crippen molar-refractivity contribution in [2.24, 2.45) is 0 Å². The van der Waals surface area contributed by atoms with E-state index in [-0.39, 0.29) is 18.5 Å². The fourth-order valence-electron chi connectivity index (χ4n) is 3.47. The zero-order valence-electron chi connectivity index (χ0n) is 17.1. The van der Waals surface area contributed by atoms with Crippen LogP contribution in [0.2, 0.25) is 5.02 Å². The maximum atomic E-state index is 12.8. The topological polar surface area (TPSA) is 68.7 Å². The van der Waals surface area contributed by atoms with E-state index < -0.39 is 5.41 Å². The molecule has 1 aliphatic carbocycles. The van der Waals surface area contributed by atoms with Crippen molar-refractivity contribution in [1.82, 2.24) is 4.98 Å². The highest BCUT2D eigenvalue weighted by atomic mass is 35.5. The number of benzene rings is 2. The predicted molar refractivity (Wildman–Crippen MR) is 120 cm³/mol. The molecule has 4 rings (SSSR count). The van der Waals surface area contributed by atoms with Gasteiger partial charge in [0.1, 0.15) is 12.4 Å². The Labute approximate surface area is 189 Å². The summed E-state index contributed by atoms with van der Waals surface area (Å²) in [5.41, 5.74) is 1.52. The van der Waals surface area contributed by atoms with E-state index in [0.717, 1.165) is 18.4 Å². The van der Waals surface area contributed by atoms with Crippen LogP contribution in [0.15, 0.2) is 53.9 Å². The first kappa shape index (κ1) is 21.3. The Bertz CT molecular complexity index is 1110. The van der Waals surface area contributed by atoms with Crippen LogP contribution in [0, 0.1) is 0 Å². The summed E-state index contributed by atoms with van der Waals surface area (Å²) >= 11 is 7.26. The molecule has 0 aliphatic heterocycles. The third-order valence-electron chi connectivity index (χ3n) is 5.26. The number of carbonyl (C=O) groups is 2. The first-order chi connectivity index (χ1) is 14.9. The third-order valence-corrected chi connectivity index (χ3v) is 6.39. The number of anilines is 2. The second-order valence-corrected chi connectivity index (χ2v) is 8.59. The number of nitrogens with zero attached hydrogens (tertiary/aromatic N) is 2. The van der Waals surface area contributed by atoms with Gasteiger partial charge in [0.05, 0.1) is 23.9 Å². The molecule has 3 aromatic rings. The predicted octanol–water partition coefficient (Wildman–Crippen LogP) is 5.26. The Kier molecular flexibility index (Phi) is 5.98. The molecule has 0 saturated heterocycles. The number of esters is 1. The van der Waals surface area contributed by atoms with E-state index in [2.05, 4.69) is 4.98 Å². The molecule has 0 unspecified atom stereocenters. The minimum absolute atomic E-state index is 0.0440. The van der Waals surface area contributed by atoms with Crippen molar-refractivity contribution in [3.8, 4) is 5.75 Å².